The molecule has 0 aromatic carbocycles. The molecule has 3 unspecified atom stereocenters. The lowest BCUT2D eigenvalue weighted by molar-refractivity contribution is -0.139. The van der Waals surface area contributed by atoms with Crippen LogP contribution in [-0.4, -0.2) is 17.3 Å². The van der Waals surface area contributed by atoms with Crippen molar-refractivity contribution in [3.05, 3.63) is 0 Å². The summed E-state index contributed by atoms with van der Waals surface area (Å²) in [4.78, 5) is 0. The molecule has 16 heavy (non-hydrogen) atoms. The third kappa shape index (κ3) is 2.43. The monoisotopic (exact) mass is 227 g/mol. The van der Waals surface area contributed by atoms with Gasteiger partial charge in [0, 0.05) is 12.0 Å². The minimum absolute atomic E-state index is 0.140. The molecular weight excluding hydrogens is 198 g/mol. The minimum Gasteiger partial charge on any atom is -0.389 e. The van der Waals surface area contributed by atoms with Crippen LogP contribution in [0.4, 0.5) is 0 Å². The number of aliphatic hydroxyl groups is 1. The summed E-state index contributed by atoms with van der Waals surface area (Å²) in [6.45, 7) is 11.6. The van der Waals surface area contributed by atoms with Crippen molar-refractivity contribution < 1.29 is 5.11 Å². The minimum atomic E-state index is -0.586. The van der Waals surface area contributed by atoms with Crippen molar-refractivity contribution in [3.8, 4) is 0 Å². The normalized spacial score (nSPS) is 38.1. The summed E-state index contributed by atoms with van der Waals surface area (Å²) in [6, 6.07) is 0. The molecule has 0 heterocycles. The van der Waals surface area contributed by atoms with Crippen LogP contribution in [-0.2, 0) is 0 Å². The largest absolute Gasteiger partial charge is 0.389 e. The SMILES string of the molecule is CCC(C)(CN)C1(O)CC(C)CC(C)(C)C1. The first kappa shape index (κ1) is 14.0. The van der Waals surface area contributed by atoms with Gasteiger partial charge in [-0.15, -0.1) is 0 Å². The van der Waals surface area contributed by atoms with Crippen molar-refractivity contribution in [2.24, 2.45) is 22.5 Å². The molecule has 96 valence electrons. The van der Waals surface area contributed by atoms with Crippen molar-refractivity contribution in [3.63, 3.8) is 0 Å². The van der Waals surface area contributed by atoms with Gasteiger partial charge in [-0.2, -0.15) is 0 Å². The average molecular weight is 227 g/mol. The molecule has 0 aliphatic heterocycles. The van der Waals surface area contributed by atoms with Gasteiger partial charge in [-0.05, 0) is 37.0 Å². The molecule has 1 saturated carbocycles. The summed E-state index contributed by atoms with van der Waals surface area (Å²) < 4.78 is 0. The van der Waals surface area contributed by atoms with E-state index in [-0.39, 0.29) is 10.8 Å². The van der Waals surface area contributed by atoms with Crippen LogP contribution in [0, 0.1) is 16.7 Å². The Bertz CT molecular complexity index is 245. The van der Waals surface area contributed by atoms with E-state index in [1.807, 2.05) is 0 Å². The van der Waals surface area contributed by atoms with Crippen molar-refractivity contribution in [1.82, 2.24) is 0 Å². The summed E-state index contributed by atoms with van der Waals surface area (Å²) in [5.74, 6) is 0.589. The number of hydrogen-bond donors (Lipinski definition) is 2. The Kier molecular flexibility index (Phi) is 3.76. The van der Waals surface area contributed by atoms with Gasteiger partial charge in [0.2, 0.25) is 0 Å². The molecule has 0 aromatic heterocycles. The quantitative estimate of drug-likeness (QED) is 0.778. The fourth-order valence-electron chi connectivity index (χ4n) is 3.65. The second-order valence-corrected chi connectivity index (χ2v) is 7.00. The van der Waals surface area contributed by atoms with Gasteiger partial charge < -0.3 is 10.8 Å². The third-order valence-corrected chi connectivity index (χ3v) is 4.71. The van der Waals surface area contributed by atoms with E-state index in [1.54, 1.807) is 0 Å². The van der Waals surface area contributed by atoms with E-state index in [4.69, 9.17) is 5.73 Å². The first-order valence-corrected chi connectivity index (χ1v) is 6.60. The van der Waals surface area contributed by atoms with Crippen molar-refractivity contribution in [2.45, 2.75) is 65.9 Å². The van der Waals surface area contributed by atoms with Gasteiger partial charge >= 0.3 is 0 Å². The molecule has 0 amide bonds. The van der Waals surface area contributed by atoms with Gasteiger partial charge in [0.25, 0.3) is 0 Å². The lowest BCUT2D eigenvalue weighted by atomic mass is 9.56. The second kappa shape index (κ2) is 4.30. The van der Waals surface area contributed by atoms with Crippen LogP contribution in [0.2, 0.25) is 0 Å². The van der Waals surface area contributed by atoms with Gasteiger partial charge in [0.1, 0.15) is 0 Å². The van der Waals surface area contributed by atoms with Crippen LogP contribution >= 0.6 is 0 Å². The Morgan fingerprint density at radius 1 is 1.38 bits per heavy atom. The first-order chi connectivity index (χ1) is 7.18. The van der Waals surface area contributed by atoms with Gasteiger partial charge in [-0.1, -0.05) is 34.6 Å². The van der Waals surface area contributed by atoms with Crippen LogP contribution in [0.15, 0.2) is 0 Å². The molecule has 2 heteroatoms. The maximum atomic E-state index is 11.0. The number of nitrogens with two attached hydrogens (primary N) is 1. The molecule has 0 radical (unpaired) electrons. The molecule has 0 saturated heterocycles. The highest BCUT2D eigenvalue weighted by molar-refractivity contribution is 5.03. The van der Waals surface area contributed by atoms with Crippen molar-refractivity contribution in [2.75, 3.05) is 6.54 Å². The fourth-order valence-corrected chi connectivity index (χ4v) is 3.65. The van der Waals surface area contributed by atoms with Gasteiger partial charge in [0.15, 0.2) is 0 Å². The smallest absolute Gasteiger partial charge is 0.0720 e. The van der Waals surface area contributed by atoms with Crippen molar-refractivity contribution in [1.29, 1.82) is 0 Å². The van der Waals surface area contributed by atoms with E-state index in [2.05, 4.69) is 34.6 Å². The lowest BCUT2D eigenvalue weighted by Crippen LogP contribution is -2.56. The zero-order chi connectivity index (χ0) is 12.6. The summed E-state index contributed by atoms with van der Waals surface area (Å²) in [5, 5.41) is 11.0. The molecule has 1 aliphatic carbocycles. The molecule has 1 fully saturated rings. The van der Waals surface area contributed by atoms with E-state index in [0.717, 1.165) is 19.3 Å². The van der Waals surface area contributed by atoms with Crippen LogP contribution < -0.4 is 5.73 Å². The fraction of sp³-hybridized carbons (Fsp3) is 1.00. The highest BCUT2D eigenvalue weighted by atomic mass is 16.3. The average Bonchev–Trinajstić information content (AvgIpc) is 2.12. The van der Waals surface area contributed by atoms with E-state index < -0.39 is 5.60 Å². The topological polar surface area (TPSA) is 46.2 Å². The van der Waals surface area contributed by atoms with Gasteiger partial charge in [-0.25, -0.2) is 0 Å². The highest BCUT2D eigenvalue weighted by Crippen LogP contribution is 2.51. The standard InChI is InChI=1S/C14H29NO/c1-6-13(5,10-15)14(16)8-11(2)7-12(3,4)9-14/h11,16H,6-10,15H2,1-5H3. The molecule has 0 aromatic rings. The Balaban J connectivity index is 2.99. The van der Waals surface area contributed by atoms with Gasteiger partial charge in [0.05, 0.1) is 5.60 Å². The number of rotatable bonds is 3. The predicted molar refractivity (Wildman–Crippen MR) is 69.2 cm³/mol. The number of hydrogen-bond acceptors (Lipinski definition) is 2. The first-order valence-electron chi connectivity index (χ1n) is 6.60. The summed E-state index contributed by atoms with van der Waals surface area (Å²) in [6.07, 6.45) is 3.94. The maximum Gasteiger partial charge on any atom is 0.0720 e. The van der Waals surface area contributed by atoms with Crippen LogP contribution in [0.3, 0.4) is 0 Å². The molecule has 3 atom stereocenters. The Morgan fingerprint density at radius 3 is 2.31 bits per heavy atom. The Morgan fingerprint density at radius 2 is 1.94 bits per heavy atom. The highest BCUT2D eigenvalue weighted by Gasteiger charge is 2.51. The van der Waals surface area contributed by atoms with E-state index in [0.29, 0.717) is 12.5 Å². The molecule has 3 N–H and O–H groups in total. The lowest BCUT2D eigenvalue weighted by Gasteiger charge is -2.53. The van der Waals surface area contributed by atoms with Crippen LogP contribution in [0.5, 0.6) is 0 Å². The Labute approximate surface area is 101 Å². The van der Waals surface area contributed by atoms with E-state index >= 15 is 0 Å². The molecule has 1 aliphatic rings. The maximum absolute atomic E-state index is 11.0. The van der Waals surface area contributed by atoms with E-state index in [9.17, 15) is 5.11 Å². The predicted octanol–water partition coefficient (Wildman–Crippen LogP) is 2.94. The molecule has 0 spiro atoms. The zero-order valence-corrected chi connectivity index (χ0v) is 11.6. The Hall–Kier alpha value is -0.0800. The van der Waals surface area contributed by atoms with E-state index in [1.165, 1.54) is 6.42 Å². The van der Waals surface area contributed by atoms with Crippen molar-refractivity contribution >= 4 is 0 Å². The van der Waals surface area contributed by atoms with Crippen LogP contribution in [0.1, 0.15) is 60.3 Å². The van der Waals surface area contributed by atoms with Crippen LogP contribution in [0.25, 0.3) is 0 Å². The molecule has 0 bridgehead atoms. The summed E-state index contributed by atoms with van der Waals surface area (Å²) in [5.41, 5.74) is 5.42. The molecule has 2 nitrogen and oxygen atoms in total. The summed E-state index contributed by atoms with van der Waals surface area (Å²) in [7, 11) is 0. The zero-order valence-electron chi connectivity index (χ0n) is 11.6. The molecular formula is C14H29NO. The molecule has 1 rings (SSSR count). The van der Waals surface area contributed by atoms with Gasteiger partial charge in [-0.3, -0.25) is 0 Å². The second-order valence-electron chi connectivity index (χ2n) is 7.00. The third-order valence-electron chi connectivity index (χ3n) is 4.71. The summed E-state index contributed by atoms with van der Waals surface area (Å²) >= 11 is 0.